The Morgan fingerprint density at radius 2 is 1.86 bits per heavy atom. The maximum absolute atomic E-state index is 12.8. The normalized spacial score (nSPS) is 10.1. The highest BCUT2D eigenvalue weighted by molar-refractivity contribution is 5.96. The zero-order valence-electron chi connectivity index (χ0n) is 14.8. The molecule has 2 aromatic rings. The van der Waals surface area contributed by atoms with Crippen LogP contribution in [0.25, 0.3) is 0 Å². The number of methoxy groups -OCH3 is 1. The molecule has 1 amide bonds. The Labute approximate surface area is 159 Å². The van der Waals surface area contributed by atoms with Gasteiger partial charge in [-0.1, -0.05) is 0 Å². The minimum atomic E-state index is -0.709. The van der Waals surface area contributed by atoms with Crippen molar-refractivity contribution in [1.29, 1.82) is 0 Å². The number of rotatable bonds is 9. The van der Waals surface area contributed by atoms with Crippen molar-refractivity contribution in [2.45, 2.75) is 0 Å². The van der Waals surface area contributed by atoms with Gasteiger partial charge in [0.25, 0.3) is 5.91 Å². The third-order valence-corrected chi connectivity index (χ3v) is 3.46. The van der Waals surface area contributed by atoms with Gasteiger partial charge in [0.2, 0.25) is 0 Å². The number of ether oxygens (including phenoxy) is 3. The van der Waals surface area contributed by atoms with Gasteiger partial charge >= 0.3 is 11.7 Å². The van der Waals surface area contributed by atoms with Gasteiger partial charge in [-0.25, -0.2) is 4.39 Å². The van der Waals surface area contributed by atoms with Gasteiger partial charge in [0.1, 0.15) is 31.3 Å². The third kappa shape index (κ3) is 5.94. The van der Waals surface area contributed by atoms with Crippen LogP contribution in [0, 0.1) is 15.9 Å². The molecule has 0 spiro atoms. The number of hydrogen-bond acceptors (Lipinski definition) is 7. The molecule has 0 aliphatic carbocycles. The smallest absolute Gasteiger partial charge is 0.325 e. The monoisotopic (exact) mass is 392 g/mol. The highest BCUT2D eigenvalue weighted by Gasteiger charge is 2.18. The summed E-state index contributed by atoms with van der Waals surface area (Å²) < 4.78 is 27.8. The summed E-state index contributed by atoms with van der Waals surface area (Å²) in [6.45, 7) is -0.439. The zero-order valence-corrected chi connectivity index (χ0v) is 14.8. The summed E-state index contributed by atoms with van der Waals surface area (Å²) >= 11 is 0. The van der Waals surface area contributed by atoms with Crippen LogP contribution in [0.2, 0.25) is 0 Å². The van der Waals surface area contributed by atoms with E-state index in [-0.39, 0.29) is 30.2 Å². The van der Waals surface area contributed by atoms with Crippen LogP contribution in [-0.2, 0) is 9.53 Å². The number of nitrogens with zero attached hydrogens (tertiary/aromatic N) is 1. The first kappa shape index (κ1) is 20.6. The highest BCUT2D eigenvalue weighted by Crippen LogP contribution is 2.27. The number of esters is 1. The van der Waals surface area contributed by atoms with E-state index in [1.165, 1.54) is 43.5 Å². The minimum absolute atomic E-state index is 0.0000526. The predicted octanol–water partition coefficient (Wildman–Crippen LogP) is 2.09. The minimum Gasteiger partial charge on any atom is -0.490 e. The topological polar surface area (TPSA) is 117 Å². The summed E-state index contributed by atoms with van der Waals surface area (Å²) in [6.07, 6.45) is 0. The van der Waals surface area contributed by atoms with Gasteiger partial charge in [-0.15, -0.1) is 0 Å². The van der Waals surface area contributed by atoms with Gasteiger partial charge in [-0.05, 0) is 36.4 Å². The quantitative estimate of drug-likeness (QED) is 0.300. The number of hydrogen-bond donors (Lipinski definition) is 1. The van der Waals surface area contributed by atoms with Crippen LogP contribution in [0.15, 0.2) is 42.5 Å². The first-order valence-electron chi connectivity index (χ1n) is 8.05. The molecule has 0 fully saturated rings. The number of nitrogens with one attached hydrogen (secondary N) is 1. The second-order valence-electron chi connectivity index (χ2n) is 5.35. The second kappa shape index (κ2) is 9.86. The van der Waals surface area contributed by atoms with Gasteiger partial charge in [-0.3, -0.25) is 19.7 Å². The van der Waals surface area contributed by atoms with Crippen molar-refractivity contribution in [3.8, 4) is 11.5 Å². The lowest BCUT2D eigenvalue weighted by Gasteiger charge is -2.09. The average molecular weight is 392 g/mol. The fourth-order valence-electron chi connectivity index (χ4n) is 2.13. The molecule has 0 atom stereocenters. The van der Waals surface area contributed by atoms with E-state index in [0.29, 0.717) is 5.75 Å². The molecule has 0 saturated heterocycles. The fraction of sp³-hybridized carbons (Fsp3) is 0.222. The molecule has 28 heavy (non-hydrogen) atoms. The van der Waals surface area contributed by atoms with Crippen molar-refractivity contribution in [1.82, 2.24) is 5.32 Å². The molecule has 0 radical (unpaired) electrons. The van der Waals surface area contributed by atoms with Crippen LogP contribution in [0.5, 0.6) is 11.5 Å². The highest BCUT2D eigenvalue weighted by atomic mass is 19.1. The number of nitro groups is 1. The van der Waals surface area contributed by atoms with Crippen LogP contribution in [0.3, 0.4) is 0 Å². The number of halogens is 1. The SMILES string of the molecule is COc1ccc(C(=O)NCC(=O)OCCOc2ccc(F)cc2)cc1[N+](=O)[O-]. The Morgan fingerprint density at radius 3 is 2.50 bits per heavy atom. The van der Waals surface area contributed by atoms with Gasteiger partial charge in [0, 0.05) is 11.6 Å². The van der Waals surface area contributed by atoms with E-state index in [1.807, 2.05) is 0 Å². The lowest BCUT2D eigenvalue weighted by molar-refractivity contribution is -0.385. The lowest BCUT2D eigenvalue weighted by atomic mass is 10.1. The summed E-state index contributed by atoms with van der Waals surface area (Å²) in [5, 5.41) is 13.3. The zero-order chi connectivity index (χ0) is 20.5. The molecular formula is C18H17FN2O7. The molecule has 0 aliphatic rings. The number of amides is 1. The van der Waals surface area contributed by atoms with Crippen LogP contribution in [0.1, 0.15) is 10.4 Å². The molecule has 0 heterocycles. The summed E-state index contributed by atoms with van der Waals surface area (Å²) in [5.41, 5.74) is -0.365. The molecule has 9 nitrogen and oxygen atoms in total. The summed E-state index contributed by atoms with van der Waals surface area (Å²) in [5.74, 6) is -1.34. The summed E-state index contributed by atoms with van der Waals surface area (Å²) in [7, 11) is 1.28. The number of carbonyl (C=O) groups excluding carboxylic acids is 2. The summed E-state index contributed by atoms with van der Waals surface area (Å²) in [4.78, 5) is 34.0. The predicted molar refractivity (Wildman–Crippen MR) is 94.8 cm³/mol. The van der Waals surface area contributed by atoms with E-state index in [4.69, 9.17) is 14.2 Å². The van der Waals surface area contributed by atoms with E-state index >= 15 is 0 Å². The van der Waals surface area contributed by atoms with Crippen molar-refractivity contribution < 1.29 is 33.1 Å². The van der Waals surface area contributed by atoms with Crippen LogP contribution in [0.4, 0.5) is 10.1 Å². The molecule has 0 aliphatic heterocycles. The first-order valence-corrected chi connectivity index (χ1v) is 8.05. The standard InChI is InChI=1S/C18H17FN2O7/c1-26-16-7-2-12(10-15(16)21(24)25)18(23)20-11-17(22)28-9-8-27-14-5-3-13(19)4-6-14/h2-7,10H,8-9,11H2,1H3,(H,20,23). The molecule has 0 aromatic heterocycles. The molecule has 0 saturated carbocycles. The van der Waals surface area contributed by atoms with Crippen molar-refractivity contribution in [2.24, 2.45) is 0 Å². The number of carbonyl (C=O) groups is 2. The Bertz CT molecular complexity index is 856. The van der Waals surface area contributed by atoms with E-state index in [0.717, 1.165) is 6.07 Å². The Hall–Kier alpha value is -3.69. The molecule has 2 rings (SSSR count). The van der Waals surface area contributed by atoms with Crippen molar-refractivity contribution in [3.05, 3.63) is 64.0 Å². The van der Waals surface area contributed by atoms with E-state index in [1.54, 1.807) is 0 Å². The van der Waals surface area contributed by atoms with E-state index in [2.05, 4.69) is 5.32 Å². The summed E-state index contributed by atoms with van der Waals surface area (Å²) in [6, 6.07) is 9.02. The lowest BCUT2D eigenvalue weighted by Crippen LogP contribution is -2.31. The molecule has 0 bridgehead atoms. The van der Waals surface area contributed by atoms with Crippen molar-refractivity contribution in [2.75, 3.05) is 26.9 Å². The van der Waals surface area contributed by atoms with Crippen LogP contribution in [-0.4, -0.2) is 43.7 Å². The van der Waals surface area contributed by atoms with Crippen molar-refractivity contribution in [3.63, 3.8) is 0 Å². The first-order chi connectivity index (χ1) is 13.4. The van der Waals surface area contributed by atoms with Crippen LogP contribution >= 0.6 is 0 Å². The Balaban J connectivity index is 1.76. The van der Waals surface area contributed by atoms with Gasteiger partial charge in [0.05, 0.1) is 12.0 Å². The molecule has 0 unspecified atom stereocenters. The Morgan fingerprint density at radius 1 is 1.14 bits per heavy atom. The Kier molecular flexibility index (Phi) is 7.26. The van der Waals surface area contributed by atoms with Gasteiger partial charge < -0.3 is 19.5 Å². The van der Waals surface area contributed by atoms with Gasteiger partial charge in [-0.2, -0.15) is 0 Å². The maximum atomic E-state index is 12.8. The molecule has 148 valence electrons. The second-order valence-corrected chi connectivity index (χ2v) is 5.35. The average Bonchev–Trinajstić information content (AvgIpc) is 2.70. The van der Waals surface area contributed by atoms with Crippen LogP contribution < -0.4 is 14.8 Å². The number of benzene rings is 2. The fourth-order valence-corrected chi connectivity index (χ4v) is 2.13. The van der Waals surface area contributed by atoms with Crippen molar-refractivity contribution >= 4 is 17.6 Å². The number of nitro benzene ring substituents is 1. The largest absolute Gasteiger partial charge is 0.490 e. The molecule has 10 heteroatoms. The third-order valence-electron chi connectivity index (χ3n) is 3.46. The maximum Gasteiger partial charge on any atom is 0.325 e. The molecule has 2 aromatic carbocycles. The molecular weight excluding hydrogens is 375 g/mol. The molecule has 1 N–H and O–H groups in total. The van der Waals surface area contributed by atoms with E-state index in [9.17, 15) is 24.1 Å². The van der Waals surface area contributed by atoms with E-state index < -0.39 is 29.2 Å². The van der Waals surface area contributed by atoms with Gasteiger partial charge in [0.15, 0.2) is 5.75 Å².